The first-order chi connectivity index (χ1) is 15.5. The molecule has 2 heterocycles. The van der Waals surface area contributed by atoms with Gasteiger partial charge < -0.3 is 5.32 Å². The van der Waals surface area contributed by atoms with Crippen LogP contribution in [0.15, 0.2) is 77.1 Å². The summed E-state index contributed by atoms with van der Waals surface area (Å²) >= 11 is 14.9. The molecule has 0 bridgehead atoms. The zero-order chi connectivity index (χ0) is 22.5. The van der Waals surface area contributed by atoms with Crippen molar-refractivity contribution < 1.29 is 4.79 Å². The molecule has 4 nitrogen and oxygen atoms in total. The van der Waals surface area contributed by atoms with E-state index in [0.717, 1.165) is 21.7 Å². The Balaban J connectivity index is 1.65. The Hall–Kier alpha value is -2.82. The van der Waals surface area contributed by atoms with Crippen molar-refractivity contribution in [3.63, 3.8) is 0 Å². The molecule has 0 aliphatic heterocycles. The fourth-order valence-electron chi connectivity index (χ4n) is 3.03. The third-order valence-corrected chi connectivity index (χ3v) is 6.94. The van der Waals surface area contributed by atoms with Gasteiger partial charge in [-0.2, -0.15) is 5.26 Å². The van der Waals surface area contributed by atoms with Crippen LogP contribution in [-0.2, 0) is 4.79 Å². The molecule has 4 aromatic rings. The van der Waals surface area contributed by atoms with Crippen LogP contribution in [0.25, 0.3) is 21.7 Å². The minimum Gasteiger partial charge on any atom is -0.324 e. The molecule has 0 saturated carbocycles. The van der Waals surface area contributed by atoms with Gasteiger partial charge in [0.05, 0.1) is 27.7 Å². The number of thiophene rings is 1. The predicted octanol–water partition coefficient (Wildman–Crippen LogP) is 7.39. The van der Waals surface area contributed by atoms with E-state index in [4.69, 9.17) is 28.2 Å². The molecular weight excluding hydrogens is 481 g/mol. The molecule has 0 aliphatic carbocycles. The summed E-state index contributed by atoms with van der Waals surface area (Å²) in [5.74, 6) is -0.209. The zero-order valence-electron chi connectivity index (χ0n) is 16.5. The maximum absolute atomic E-state index is 12.6. The molecule has 0 radical (unpaired) electrons. The summed E-state index contributed by atoms with van der Waals surface area (Å²) in [6, 6.07) is 22.7. The number of nitriles is 1. The SMILES string of the molecule is N#Cc1c(-c2cccs2)cc(-c2ccccc2)nc1SCC(=O)Nc1cc(Cl)ccc1Cl. The number of halogens is 2. The summed E-state index contributed by atoms with van der Waals surface area (Å²) in [5, 5.41) is 16.0. The average Bonchev–Trinajstić information content (AvgIpc) is 3.35. The van der Waals surface area contributed by atoms with E-state index in [1.807, 2.05) is 53.9 Å². The van der Waals surface area contributed by atoms with Gasteiger partial charge in [0.1, 0.15) is 11.1 Å². The summed E-state index contributed by atoms with van der Waals surface area (Å²) in [4.78, 5) is 18.3. The molecular formula is C24H15Cl2N3OS2. The maximum Gasteiger partial charge on any atom is 0.234 e. The molecule has 32 heavy (non-hydrogen) atoms. The number of hydrogen-bond donors (Lipinski definition) is 1. The molecule has 0 spiro atoms. The first kappa shape index (κ1) is 22.4. The standard InChI is InChI=1S/C24H15Cl2N3OS2/c25-16-8-9-19(26)21(11-16)28-23(30)14-32-24-18(13-27)17(22-7-4-10-31-22)12-20(29-24)15-5-2-1-3-6-15/h1-12H,14H2,(H,28,30). The van der Waals surface area contributed by atoms with Crippen molar-refractivity contribution in [3.05, 3.63) is 87.7 Å². The summed E-state index contributed by atoms with van der Waals surface area (Å²) in [6.07, 6.45) is 0. The monoisotopic (exact) mass is 495 g/mol. The highest BCUT2D eigenvalue weighted by Gasteiger charge is 2.18. The minimum atomic E-state index is -0.271. The lowest BCUT2D eigenvalue weighted by Gasteiger charge is -2.12. The number of nitrogens with zero attached hydrogens (tertiary/aromatic N) is 2. The largest absolute Gasteiger partial charge is 0.324 e. The zero-order valence-corrected chi connectivity index (χ0v) is 19.7. The number of amides is 1. The van der Waals surface area contributed by atoms with Crippen molar-refractivity contribution in [1.82, 2.24) is 4.98 Å². The quantitative estimate of drug-likeness (QED) is 0.283. The van der Waals surface area contributed by atoms with E-state index < -0.39 is 0 Å². The Morgan fingerprint density at radius 2 is 1.91 bits per heavy atom. The molecule has 0 unspecified atom stereocenters. The lowest BCUT2D eigenvalue weighted by atomic mass is 10.0. The van der Waals surface area contributed by atoms with E-state index in [-0.39, 0.29) is 11.7 Å². The van der Waals surface area contributed by atoms with Crippen molar-refractivity contribution >= 4 is 57.9 Å². The average molecular weight is 496 g/mol. The van der Waals surface area contributed by atoms with Gasteiger partial charge in [-0.15, -0.1) is 11.3 Å². The summed E-state index contributed by atoms with van der Waals surface area (Å²) in [7, 11) is 0. The maximum atomic E-state index is 12.6. The summed E-state index contributed by atoms with van der Waals surface area (Å²) in [5.41, 5.74) is 3.37. The Labute approximate surface area is 203 Å². The first-order valence-corrected chi connectivity index (χ1v) is 12.1. The van der Waals surface area contributed by atoms with E-state index in [1.165, 1.54) is 11.8 Å². The molecule has 0 saturated heterocycles. The van der Waals surface area contributed by atoms with Gasteiger partial charge in [-0.25, -0.2) is 4.98 Å². The molecule has 158 valence electrons. The van der Waals surface area contributed by atoms with E-state index >= 15 is 0 Å². The van der Waals surface area contributed by atoms with Gasteiger partial charge in [0.15, 0.2) is 0 Å². The summed E-state index contributed by atoms with van der Waals surface area (Å²) < 4.78 is 0. The molecule has 2 aromatic carbocycles. The van der Waals surface area contributed by atoms with Crippen molar-refractivity contribution in [2.24, 2.45) is 0 Å². The third-order valence-electron chi connectivity index (χ3n) is 4.50. The number of pyridine rings is 1. The van der Waals surface area contributed by atoms with Gasteiger partial charge in [-0.1, -0.05) is 71.4 Å². The van der Waals surface area contributed by atoms with E-state index in [2.05, 4.69) is 11.4 Å². The first-order valence-electron chi connectivity index (χ1n) is 9.47. The molecule has 0 aliphatic rings. The Kier molecular flexibility index (Phi) is 7.13. The normalized spacial score (nSPS) is 10.5. The number of hydrogen-bond acceptors (Lipinski definition) is 5. The highest BCUT2D eigenvalue weighted by molar-refractivity contribution is 8.00. The third kappa shape index (κ3) is 5.14. The molecule has 4 rings (SSSR count). The molecule has 0 fully saturated rings. The fraction of sp³-hybridized carbons (Fsp3) is 0.0417. The molecule has 1 N–H and O–H groups in total. The number of aromatic nitrogens is 1. The topological polar surface area (TPSA) is 65.8 Å². The number of nitrogens with one attached hydrogen (secondary N) is 1. The van der Waals surface area contributed by atoms with Gasteiger partial charge in [0.2, 0.25) is 5.91 Å². The van der Waals surface area contributed by atoms with Crippen LogP contribution < -0.4 is 5.32 Å². The second-order valence-electron chi connectivity index (χ2n) is 6.65. The van der Waals surface area contributed by atoms with Gasteiger partial charge in [-0.05, 0) is 35.7 Å². The Morgan fingerprint density at radius 3 is 2.62 bits per heavy atom. The van der Waals surface area contributed by atoms with Crippen LogP contribution in [0.5, 0.6) is 0 Å². The lowest BCUT2D eigenvalue weighted by Crippen LogP contribution is -2.14. The van der Waals surface area contributed by atoms with Gasteiger partial charge in [0.25, 0.3) is 0 Å². The van der Waals surface area contributed by atoms with Crippen molar-refractivity contribution in [2.75, 3.05) is 11.1 Å². The van der Waals surface area contributed by atoms with Gasteiger partial charge in [0, 0.05) is 21.0 Å². The fourth-order valence-corrected chi connectivity index (χ4v) is 4.92. The van der Waals surface area contributed by atoms with Crippen LogP contribution in [-0.4, -0.2) is 16.6 Å². The van der Waals surface area contributed by atoms with Crippen molar-refractivity contribution in [3.8, 4) is 27.8 Å². The Morgan fingerprint density at radius 1 is 1.09 bits per heavy atom. The molecule has 8 heteroatoms. The number of rotatable bonds is 6. The smallest absolute Gasteiger partial charge is 0.234 e. The molecule has 1 amide bonds. The molecule has 2 aromatic heterocycles. The number of carbonyl (C=O) groups is 1. The van der Waals surface area contributed by atoms with Crippen molar-refractivity contribution in [2.45, 2.75) is 5.03 Å². The minimum absolute atomic E-state index is 0.0621. The Bertz CT molecular complexity index is 1300. The highest BCUT2D eigenvalue weighted by atomic mass is 35.5. The molecule has 0 atom stereocenters. The van der Waals surface area contributed by atoms with E-state index in [9.17, 15) is 10.1 Å². The number of thioether (sulfide) groups is 1. The number of anilines is 1. The second kappa shape index (κ2) is 10.2. The van der Waals surface area contributed by atoms with Gasteiger partial charge in [-0.3, -0.25) is 4.79 Å². The van der Waals surface area contributed by atoms with Crippen LogP contribution >= 0.6 is 46.3 Å². The van der Waals surface area contributed by atoms with Crippen LogP contribution in [0.4, 0.5) is 5.69 Å². The van der Waals surface area contributed by atoms with Gasteiger partial charge >= 0.3 is 0 Å². The van der Waals surface area contributed by atoms with E-state index in [0.29, 0.717) is 26.3 Å². The summed E-state index contributed by atoms with van der Waals surface area (Å²) in [6.45, 7) is 0. The van der Waals surface area contributed by atoms with Crippen LogP contribution in [0, 0.1) is 11.3 Å². The predicted molar refractivity (Wildman–Crippen MR) is 134 cm³/mol. The number of carbonyl (C=O) groups excluding carboxylic acids is 1. The van der Waals surface area contributed by atoms with Crippen molar-refractivity contribution in [1.29, 1.82) is 5.26 Å². The lowest BCUT2D eigenvalue weighted by molar-refractivity contribution is -0.113. The second-order valence-corrected chi connectivity index (χ2v) is 9.41. The van der Waals surface area contributed by atoms with Crippen LogP contribution in [0.1, 0.15) is 5.56 Å². The highest BCUT2D eigenvalue weighted by Crippen LogP contribution is 2.36. The number of benzene rings is 2. The van der Waals surface area contributed by atoms with Crippen LogP contribution in [0.3, 0.4) is 0 Å². The van der Waals surface area contributed by atoms with E-state index in [1.54, 1.807) is 29.5 Å². The van der Waals surface area contributed by atoms with Crippen LogP contribution in [0.2, 0.25) is 10.0 Å².